The summed E-state index contributed by atoms with van der Waals surface area (Å²) in [5.41, 5.74) is 2.75. The molecule has 0 aliphatic rings. The molecular weight excluding hydrogens is 130 g/mol. The van der Waals surface area contributed by atoms with E-state index in [4.69, 9.17) is 9.57 Å². The molecule has 0 heterocycles. The lowest BCUT2D eigenvalue weighted by Crippen LogP contribution is -2.17. The third-order valence-electron chi connectivity index (χ3n) is 0.928. The number of hydrogen-bond acceptors (Lipinski definition) is 3. The maximum absolute atomic E-state index is 4.95. The normalized spacial score (nSPS) is 11.0. The van der Waals surface area contributed by atoms with Gasteiger partial charge in [0.2, 0.25) is 0 Å². The molecule has 60 valence electrons. The van der Waals surface area contributed by atoms with Crippen LogP contribution < -0.4 is 5.48 Å². The predicted octanol–water partition coefficient (Wildman–Crippen LogP) is 0.730. The largest absolute Gasteiger partial charge is 0.382 e. The van der Waals surface area contributed by atoms with Crippen molar-refractivity contribution in [2.75, 3.05) is 26.9 Å². The van der Waals surface area contributed by atoms with Crippen molar-refractivity contribution < 1.29 is 9.57 Å². The average Bonchev–Trinajstić information content (AvgIpc) is 1.97. The van der Waals surface area contributed by atoms with Gasteiger partial charge < -0.3 is 4.74 Å². The molecule has 3 nitrogen and oxygen atoms in total. The van der Waals surface area contributed by atoms with E-state index in [1.54, 1.807) is 7.11 Å². The number of ether oxygens (including phenoxy) is 1. The first kappa shape index (κ1) is 9.62. The SMILES string of the molecule is C/C=C/CNOCCOC. The molecule has 0 aliphatic carbocycles. The molecule has 3 heteroatoms. The smallest absolute Gasteiger partial charge is 0.0916 e. The number of rotatable bonds is 6. The van der Waals surface area contributed by atoms with Gasteiger partial charge in [0.05, 0.1) is 13.2 Å². The van der Waals surface area contributed by atoms with Crippen molar-refractivity contribution in [1.29, 1.82) is 0 Å². The maximum Gasteiger partial charge on any atom is 0.0916 e. The first-order valence-corrected chi connectivity index (χ1v) is 3.36. The lowest BCUT2D eigenvalue weighted by molar-refractivity contribution is 0.0122. The van der Waals surface area contributed by atoms with Crippen molar-refractivity contribution in [2.45, 2.75) is 6.92 Å². The Morgan fingerprint density at radius 2 is 2.20 bits per heavy atom. The highest BCUT2D eigenvalue weighted by atomic mass is 16.7. The molecule has 0 saturated carbocycles. The van der Waals surface area contributed by atoms with Gasteiger partial charge in [-0.05, 0) is 6.92 Å². The first-order chi connectivity index (χ1) is 4.91. The topological polar surface area (TPSA) is 30.5 Å². The highest BCUT2D eigenvalue weighted by Gasteiger charge is 1.82. The second kappa shape index (κ2) is 8.62. The van der Waals surface area contributed by atoms with E-state index in [-0.39, 0.29) is 0 Å². The van der Waals surface area contributed by atoms with Crippen molar-refractivity contribution in [3.05, 3.63) is 12.2 Å². The van der Waals surface area contributed by atoms with Gasteiger partial charge in [-0.15, -0.1) is 0 Å². The summed E-state index contributed by atoms with van der Waals surface area (Å²) in [6.45, 7) is 3.94. The van der Waals surface area contributed by atoms with Crippen LogP contribution in [0.25, 0.3) is 0 Å². The molecule has 0 fully saturated rings. The summed E-state index contributed by atoms with van der Waals surface area (Å²) < 4.78 is 4.77. The molecule has 10 heavy (non-hydrogen) atoms. The van der Waals surface area contributed by atoms with Crippen LogP contribution in [0, 0.1) is 0 Å². The van der Waals surface area contributed by atoms with Gasteiger partial charge in [0, 0.05) is 13.7 Å². The zero-order chi connectivity index (χ0) is 7.66. The van der Waals surface area contributed by atoms with Crippen LogP contribution in [0.3, 0.4) is 0 Å². The molecular formula is C7H15NO2. The molecule has 0 aromatic carbocycles. The summed E-state index contributed by atoms with van der Waals surface area (Å²) in [5.74, 6) is 0. The van der Waals surface area contributed by atoms with Gasteiger partial charge in [-0.25, -0.2) is 0 Å². The van der Waals surface area contributed by atoms with E-state index < -0.39 is 0 Å². The standard InChI is InChI=1S/C7H15NO2/c1-3-4-5-8-10-7-6-9-2/h3-4,8H,5-7H2,1-2H3/b4-3+. The molecule has 0 aliphatic heterocycles. The van der Waals surface area contributed by atoms with Crippen LogP contribution in [0.1, 0.15) is 6.92 Å². The zero-order valence-electron chi connectivity index (χ0n) is 6.59. The molecule has 0 saturated heterocycles. The minimum atomic E-state index is 0.591. The summed E-state index contributed by atoms with van der Waals surface area (Å²) in [6, 6.07) is 0. The van der Waals surface area contributed by atoms with Crippen molar-refractivity contribution in [1.82, 2.24) is 5.48 Å². The summed E-state index contributed by atoms with van der Waals surface area (Å²) >= 11 is 0. The van der Waals surface area contributed by atoms with Crippen LogP contribution in [0.15, 0.2) is 12.2 Å². The second-order valence-electron chi connectivity index (χ2n) is 1.76. The van der Waals surface area contributed by atoms with Crippen molar-refractivity contribution in [3.8, 4) is 0 Å². The van der Waals surface area contributed by atoms with Crippen molar-refractivity contribution in [3.63, 3.8) is 0 Å². The van der Waals surface area contributed by atoms with E-state index in [2.05, 4.69) is 5.48 Å². The Bertz CT molecular complexity index is 83.7. The predicted molar refractivity (Wildman–Crippen MR) is 40.6 cm³/mol. The van der Waals surface area contributed by atoms with Gasteiger partial charge in [0.15, 0.2) is 0 Å². The van der Waals surface area contributed by atoms with E-state index in [1.807, 2.05) is 19.1 Å². The van der Waals surface area contributed by atoms with Crippen molar-refractivity contribution >= 4 is 0 Å². The van der Waals surface area contributed by atoms with Gasteiger partial charge in [-0.1, -0.05) is 12.2 Å². The Labute approximate surface area is 62.0 Å². The zero-order valence-corrected chi connectivity index (χ0v) is 6.59. The van der Waals surface area contributed by atoms with Crippen LogP contribution in [-0.2, 0) is 9.57 Å². The fourth-order valence-electron chi connectivity index (χ4n) is 0.422. The number of allylic oxidation sites excluding steroid dienone is 1. The molecule has 1 N–H and O–H groups in total. The third-order valence-corrected chi connectivity index (χ3v) is 0.928. The van der Waals surface area contributed by atoms with E-state index in [1.165, 1.54) is 0 Å². The molecule has 0 unspecified atom stereocenters. The van der Waals surface area contributed by atoms with Crippen molar-refractivity contribution in [2.24, 2.45) is 0 Å². The first-order valence-electron chi connectivity index (χ1n) is 3.36. The van der Waals surface area contributed by atoms with Gasteiger partial charge in [-0.2, -0.15) is 5.48 Å². The Morgan fingerprint density at radius 1 is 1.40 bits per heavy atom. The minimum Gasteiger partial charge on any atom is -0.382 e. The number of methoxy groups -OCH3 is 1. The fraction of sp³-hybridized carbons (Fsp3) is 0.714. The Balaban J connectivity index is 2.77. The van der Waals surface area contributed by atoms with Crippen LogP contribution >= 0.6 is 0 Å². The van der Waals surface area contributed by atoms with Crippen LogP contribution in [-0.4, -0.2) is 26.9 Å². The molecule has 0 spiro atoms. The lowest BCUT2D eigenvalue weighted by Gasteiger charge is -2.00. The van der Waals surface area contributed by atoms with E-state index in [0.717, 1.165) is 6.54 Å². The van der Waals surface area contributed by atoms with Crippen LogP contribution in [0.5, 0.6) is 0 Å². The van der Waals surface area contributed by atoms with Gasteiger partial charge in [0.25, 0.3) is 0 Å². The van der Waals surface area contributed by atoms with Gasteiger partial charge in [-0.3, -0.25) is 4.84 Å². The monoisotopic (exact) mass is 145 g/mol. The minimum absolute atomic E-state index is 0.591. The molecule has 0 amide bonds. The second-order valence-corrected chi connectivity index (χ2v) is 1.76. The van der Waals surface area contributed by atoms with E-state index >= 15 is 0 Å². The maximum atomic E-state index is 4.95. The number of hydroxylamine groups is 1. The van der Waals surface area contributed by atoms with Crippen LogP contribution in [0.2, 0.25) is 0 Å². The molecule has 0 bridgehead atoms. The van der Waals surface area contributed by atoms with E-state index in [9.17, 15) is 0 Å². The average molecular weight is 145 g/mol. The molecule has 0 radical (unpaired) electrons. The molecule has 0 aromatic rings. The molecule has 0 rings (SSSR count). The Morgan fingerprint density at radius 3 is 2.80 bits per heavy atom. The van der Waals surface area contributed by atoms with Gasteiger partial charge >= 0.3 is 0 Å². The Hall–Kier alpha value is -0.380. The Kier molecular flexibility index (Phi) is 8.29. The summed E-state index contributed by atoms with van der Waals surface area (Å²) in [4.78, 5) is 4.95. The van der Waals surface area contributed by atoms with Gasteiger partial charge in [0.1, 0.15) is 0 Å². The quantitative estimate of drug-likeness (QED) is 0.339. The number of hydrogen-bond donors (Lipinski definition) is 1. The lowest BCUT2D eigenvalue weighted by atomic mass is 10.5. The highest BCUT2D eigenvalue weighted by molar-refractivity contribution is 4.77. The van der Waals surface area contributed by atoms with E-state index in [0.29, 0.717) is 13.2 Å². The fourth-order valence-corrected chi connectivity index (χ4v) is 0.422. The highest BCUT2D eigenvalue weighted by Crippen LogP contribution is 1.71. The number of nitrogens with one attached hydrogen (secondary N) is 1. The summed E-state index contributed by atoms with van der Waals surface area (Å²) in [6.07, 6.45) is 3.94. The summed E-state index contributed by atoms with van der Waals surface area (Å²) in [5, 5.41) is 0. The molecule has 0 atom stereocenters. The van der Waals surface area contributed by atoms with Crippen LogP contribution in [0.4, 0.5) is 0 Å². The molecule has 0 aromatic heterocycles. The summed E-state index contributed by atoms with van der Waals surface area (Å²) in [7, 11) is 1.65. The third kappa shape index (κ3) is 7.62.